The van der Waals surface area contributed by atoms with Crippen LogP contribution in [0.4, 0.5) is 11.4 Å². The third-order valence-electron chi connectivity index (χ3n) is 4.73. The van der Waals surface area contributed by atoms with Crippen LogP contribution in [0.2, 0.25) is 0 Å². The van der Waals surface area contributed by atoms with Crippen LogP contribution in [0.25, 0.3) is 21.1 Å². The number of fused-ring (bicyclic) bond motifs is 3. The lowest BCUT2D eigenvalue weighted by atomic mass is 10.1. The summed E-state index contributed by atoms with van der Waals surface area (Å²) in [5, 5.41) is 4.50. The van der Waals surface area contributed by atoms with E-state index in [0.29, 0.717) is 45.8 Å². The Morgan fingerprint density at radius 2 is 1.86 bits per heavy atom. The Bertz CT molecular complexity index is 1250. The highest BCUT2D eigenvalue weighted by Crippen LogP contribution is 2.39. The summed E-state index contributed by atoms with van der Waals surface area (Å²) in [5.41, 5.74) is 8.15. The molecule has 0 bridgehead atoms. The first-order chi connectivity index (χ1) is 14.1. The Morgan fingerprint density at radius 1 is 1.14 bits per heavy atom. The van der Waals surface area contributed by atoms with Crippen molar-refractivity contribution in [3.05, 3.63) is 47.3 Å². The van der Waals surface area contributed by atoms with E-state index in [1.165, 1.54) is 11.3 Å². The minimum Gasteiger partial charge on any atom is -0.497 e. The molecule has 0 fully saturated rings. The highest BCUT2D eigenvalue weighted by Gasteiger charge is 2.20. The van der Waals surface area contributed by atoms with Crippen LogP contribution >= 0.6 is 11.3 Å². The molecule has 0 unspecified atom stereocenters. The van der Waals surface area contributed by atoms with Gasteiger partial charge in [0.1, 0.15) is 28.7 Å². The van der Waals surface area contributed by atoms with Crippen LogP contribution < -0.4 is 25.3 Å². The Kier molecular flexibility index (Phi) is 4.13. The van der Waals surface area contributed by atoms with Crippen molar-refractivity contribution in [2.24, 2.45) is 0 Å². The number of amides is 1. The fourth-order valence-electron chi connectivity index (χ4n) is 3.27. The van der Waals surface area contributed by atoms with E-state index in [1.807, 2.05) is 18.2 Å². The fourth-order valence-corrected chi connectivity index (χ4v) is 4.25. The third kappa shape index (κ3) is 3.07. The lowest BCUT2D eigenvalue weighted by Gasteiger charge is -2.18. The van der Waals surface area contributed by atoms with E-state index in [4.69, 9.17) is 19.9 Å². The van der Waals surface area contributed by atoms with Gasteiger partial charge in [0.15, 0.2) is 11.5 Å². The molecule has 29 heavy (non-hydrogen) atoms. The van der Waals surface area contributed by atoms with Crippen LogP contribution in [0.3, 0.4) is 0 Å². The molecule has 1 aliphatic heterocycles. The zero-order chi connectivity index (χ0) is 20.0. The normalized spacial score (nSPS) is 12.9. The van der Waals surface area contributed by atoms with Crippen LogP contribution in [-0.2, 0) is 0 Å². The summed E-state index contributed by atoms with van der Waals surface area (Å²) in [7, 11) is 1.59. The lowest BCUT2D eigenvalue weighted by molar-refractivity contribution is 0.103. The number of pyridine rings is 1. The van der Waals surface area contributed by atoms with Crippen LogP contribution in [0.5, 0.6) is 17.2 Å². The Morgan fingerprint density at radius 3 is 2.59 bits per heavy atom. The van der Waals surface area contributed by atoms with Gasteiger partial charge in [0, 0.05) is 22.5 Å². The van der Waals surface area contributed by atoms with Gasteiger partial charge in [-0.1, -0.05) is 0 Å². The maximum atomic E-state index is 12.8. The monoisotopic (exact) mass is 407 g/mol. The van der Waals surface area contributed by atoms with E-state index in [-0.39, 0.29) is 5.91 Å². The van der Waals surface area contributed by atoms with Crippen molar-refractivity contribution < 1.29 is 19.0 Å². The van der Waals surface area contributed by atoms with E-state index < -0.39 is 0 Å². The molecule has 7 nitrogen and oxygen atoms in total. The van der Waals surface area contributed by atoms with Gasteiger partial charge < -0.3 is 25.3 Å². The highest BCUT2D eigenvalue weighted by molar-refractivity contribution is 7.21. The number of nitrogens with zero attached hydrogens (tertiary/aromatic N) is 1. The largest absolute Gasteiger partial charge is 0.497 e. The molecule has 4 aromatic rings. The van der Waals surface area contributed by atoms with Crippen molar-refractivity contribution in [2.45, 2.75) is 0 Å². The number of nitrogens with one attached hydrogen (secondary N) is 1. The fraction of sp³-hybridized carbons (Fsp3) is 0.143. The molecule has 146 valence electrons. The summed E-state index contributed by atoms with van der Waals surface area (Å²) in [5.74, 6) is 1.82. The van der Waals surface area contributed by atoms with E-state index in [0.717, 1.165) is 22.0 Å². The number of thiophene rings is 1. The number of nitrogens with two attached hydrogens (primary N) is 1. The van der Waals surface area contributed by atoms with E-state index in [2.05, 4.69) is 10.3 Å². The van der Waals surface area contributed by atoms with Gasteiger partial charge in [-0.25, -0.2) is 4.98 Å². The van der Waals surface area contributed by atoms with Gasteiger partial charge >= 0.3 is 0 Å². The second kappa shape index (κ2) is 6.82. The first kappa shape index (κ1) is 17.6. The maximum absolute atomic E-state index is 12.8. The topological polar surface area (TPSA) is 95.7 Å². The number of anilines is 2. The number of hydrogen-bond donors (Lipinski definition) is 2. The van der Waals surface area contributed by atoms with Crippen molar-refractivity contribution in [2.75, 3.05) is 31.4 Å². The zero-order valence-electron chi connectivity index (χ0n) is 15.5. The molecule has 2 aromatic carbocycles. The van der Waals surface area contributed by atoms with E-state index >= 15 is 0 Å². The van der Waals surface area contributed by atoms with Gasteiger partial charge in [0.25, 0.3) is 5.91 Å². The number of nitrogen functional groups attached to an aromatic ring is 1. The van der Waals surface area contributed by atoms with Gasteiger partial charge in [-0.05, 0) is 36.4 Å². The summed E-state index contributed by atoms with van der Waals surface area (Å²) >= 11 is 1.27. The molecule has 1 amide bonds. The first-order valence-electron chi connectivity index (χ1n) is 9.00. The predicted octanol–water partition coefficient (Wildman–Crippen LogP) is 4.06. The number of ether oxygens (including phenoxy) is 3. The van der Waals surface area contributed by atoms with Crippen molar-refractivity contribution in [1.82, 2.24) is 4.98 Å². The second-order valence-electron chi connectivity index (χ2n) is 6.56. The molecule has 1 aliphatic rings. The number of carbonyl (C=O) groups excluding carboxylic acids is 1. The Hall–Kier alpha value is -3.52. The molecule has 3 N–H and O–H groups in total. The molecule has 5 rings (SSSR count). The second-order valence-corrected chi connectivity index (χ2v) is 7.56. The molecule has 2 aromatic heterocycles. The molecule has 0 saturated carbocycles. The number of rotatable bonds is 3. The smallest absolute Gasteiger partial charge is 0.267 e. The molecule has 3 heterocycles. The molecule has 0 saturated heterocycles. The first-order valence-corrected chi connectivity index (χ1v) is 9.82. The minimum absolute atomic E-state index is 0.273. The van der Waals surface area contributed by atoms with Crippen molar-refractivity contribution in [1.29, 1.82) is 0 Å². The number of benzene rings is 2. The van der Waals surface area contributed by atoms with Crippen molar-refractivity contribution in [3.8, 4) is 17.2 Å². The average Bonchev–Trinajstić information content (AvgIpc) is 3.07. The highest BCUT2D eigenvalue weighted by atomic mass is 32.1. The SMILES string of the molecule is COc1ccc(NC(=O)c2sc3nc4cc5c(cc4cc3c2N)OCCO5)cc1. The standard InChI is InChI=1S/C21H17N3O4S/c1-26-13-4-2-12(3-5-13)23-20(25)19-18(22)14-8-11-9-16-17(28-7-6-27-16)10-15(11)24-21(14)29-19/h2-5,8-10H,6-7,22H2,1H3,(H,23,25). The third-order valence-corrected chi connectivity index (χ3v) is 5.85. The molecular weight excluding hydrogens is 390 g/mol. The number of methoxy groups -OCH3 is 1. The zero-order valence-corrected chi connectivity index (χ0v) is 16.3. The Balaban J connectivity index is 1.52. The van der Waals surface area contributed by atoms with Gasteiger partial charge in [0.2, 0.25) is 0 Å². The molecular formula is C21H17N3O4S. The van der Waals surface area contributed by atoms with Crippen molar-refractivity contribution in [3.63, 3.8) is 0 Å². The molecule has 0 spiro atoms. The van der Waals surface area contributed by atoms with Crippen LogP contribution in [-0.4, -0.2) is 31.2 Å². The summed E-state index contributed by atoms with van der Waals surface area (Å²) in [4.78, 5) is 18.6. The summed E-state index contributed by atoms with van der Waals surface area (Å²) in [6, 6.07) is 12.8. The van der Waals surface area contributed by atoms with Crippen LogP contribution in [0, 0.1) is 0 Å². The van der Waals surface area contributed by atoms with Crippen molar-refractivity contribution >= 4 is 49.7 Å². The van der Waals surface area contributed by atoms with E-state index in [1.54, 1.807) is 31.4 Å². The molecule has 0 atom stereocenters. The quantitative estimate of drug-likeness (QED) is 0.532. The number of carbonyl (C=O) groups is 1. The maximum Gasteiger partial charge on any atom is 0.267 e. The average molecular weight is 407 g/mol. The van der Waals surface area contributed by atoms with Crippen LogP contribution in [0.15, 0.2) is 42.5 Å². The van der Waals surface area contributed by atoms with Gasteiger partial charge in [0.05, 0.1) is 18.3 Å². The Labute approximate surface area is 170 Å². The molecule has 8 heteroatoms. The lowest BCUT2D eigenvalue weighted by Crippen LogP contribution is -2.15. The van der Waals surface area contributed by atoms with Crippen LogP contribution in [0.1, 0.15) is 9.67 Å². The molecule has 0 aliphatic carbocycles. The number of aromatic nitrogens is 1. The summed E-state index contributed by atoms with van der Waals surface area (Å²) in [6.07, 6.45) is 0. The van der Waals surface area contributed by atoms with E-state index in [9.17, 15) is 4.79 Å². The number of hydrogen-bond acceptors (Lipinski definition) is 7. The molecule has 0 radical (unpaired) electrons. The summed E-state index contributed by atoms with van der Waals surface area (Å²) < 4.78 is 16.4. The van der Waals surface area contributed by atoms with Gasteiger partial charge in [-0.2, -0.15) is 0 Å². The van der Waals surface area contributed by atoms with Gasteiger partial charge in [-0.15, -0.1) is 11.3 Å². The minimum atomic E-state index is -0.273. The predicted molar refractivity (Wildman–Crippen MR) is 113 cm³/mol. The van der Waals surface area contributed by atoms with Gasteiger partial charge in [-0.3, -0.25) is 4.79 Å². The summed E-state index contributed by atoms with van der Waals surface area (Å²) in [6.45, 7) is 1.03.